The summed E-state index contributed by atoms with van der Waals surface area (Å²) in [6, 6.07) is 11.5. The van der Waals surface area contributed by atoms with Crippen LogP contribution in [0.5, 0.6) is 5.75 Å². The van der Waals surface area contributed by atoms with Crippen molar-refractivity contribution in [3.63, 3.8) is 0 Å². The molecule has 0 fully saturated rings. The molecule has 0 saturated carbocycles. The van der Waals surface area contributed by atoms with Crippen molar-refractivity contribution in [2.75, 3.05) is 6.61 Å². The van der Waals surface area contributed by atoms with Gasteiger partial charge < -0.3 is 9.30 Å². The van der Waals surface area contributed by atoms with Crippen LogP contribution in [0, 0.1) is 13.8 Å². The molecule has 25 heavy (non-hydrogen) atoms. The lowest BCUT2D eigenvalue weighted by Crippen LogP contribution is -2.24. The van der Waals surface area contributed by atoms with Gasteiger partial charge in [0.25, 0.3) is 0 Å². The first kappa shape index (κ1) is 17.2. The lowest BCUT2D eigenvalue weighted by atomic mass is 10.1. The summed E-state index contributed by atoms with van der Waals surface area (Å²) < 4.78 is 7.93. The van der Waals surface area contributed by atoms with E-state index in [0.29, 0.717) is 5.75 Å². The van der Waals surface area contributed by atoms with Gasteiger partial charge in [-0.25, -0.2) is 0 Å². The van der Waals surface area contributed by atoms with Crippen LogP contribution >= 0.6 is 0 Å². The fourth-order valence-electron chi connectivity index (χ4n) is 3.45. The van der Waals surface area contributed by atoms with Gasteiger partial charge in [-0.1, -0.05) is 6.07 Å². The third-order valence-electron chi connectivity index (χ3n) is 4.35. The van der Waals surface area contributed by atoms with Crippen LogP contribution in [0.1, 0.15) is 42.5 Å². The van der Waals surface area contributed by atoms with Gasteiger partial charge in [-0.05, 0) is 65.0 Å². The lowest BCUT2D eigenvalue weighted by molar-refractivity contribution is 0.0920. The van der Waals surface area contributed by atoms with Crippen molar-refractivity contribution in [2.45, 2.75) is 40.2 Å². The number of ketones is 1. The van der Waals surface area contributed by atoms with Crippen molar-refractivity contribution >= 4 is 16.7 Å². The highest BCUT2D eigenvalue weighted by atomic mass is 16.5. The minimum atomic E-state index is -0.0566. The molecule has 0 unspecified atom stereocenters. The summed E-state index contributed by atoms with van der Waals surface area (Å²) >= 11 is 0. The summed E-state index contributed by atoms with van der Waals surface area (Å²) in [6.45, 7) is 10.5. The van der Waals surface area contributed by atoms with E-state index in [1.54, 1.807) is 6.20 Å². The van der Waals surface area contributed by atoms with Crippen molar-refractivity contribution < 1.29 is 9.53 Å². The Labute approximate surface area is 148 Å². The molecule has 0 amide bonds. The standard InChI is InChI=1S/C21H24N2O2/c1-14-11-18(15(2)23(14)21(3,4)5)20(24)13-25-17-8-9-19-16(12-17)7-6-10-22-19/h6-12H,13H2,1-5H3. The van der Waals surface area contributed by atoms with E-state index in [1.807, 2.05) is 50.2 Å². The number of nitrogens with zero attached hydrogens (tertiary/aromatic N) is 2. The van der Waals surface area contributed by atoms with Gasteiger partial charge in [0.1, 0.15) is 5.75 Å². The maximum absolute atomic E-state index is 12.6. The number of benzene rings is 1. The number of aromatic nitrogens is 2. The van der Waals surface area contributed by atoms with E-state index in [9.17, 15) is 4.79 Å². The average Bonchev–Trinajstić information content (AvgIpc) is 2.87. The Morgan fingerprint density at radius 2 is 1.92 bits per heavy atom. The fraction of sp³-hybridized carbons (Fsp3) is 0.333. The molecule has 130 valence electrons. The number of carbonyl (C=O) groups is 1. The van der Waals surface area contributed by atoms with Crippen LogP contribution in [0.4, 0.5) is 0 Å². The minimum Gasteiger partial charge on any atom is -0.485 e. The van der Waals surface area contributed by atoms with Crippen molar-refractivity contribution in [3.05, 3.63) is 59.5 Å². The molecule has 2 aromatic heterocycles. The first-order chi connectivity index (χ1) is 11.8. The van der Waals surface area contributed by atoms with Crippen molar-refractivity contribution in [1.82, 2.24) is 9.55 Å². The van der Waals surface area contributed by atoms with E-state index in [-0.39, 0.29) is 17.9 Å². The maximum Gasteiger partial charge on any atom is 0.202 e. The van der Waals surface area contributed by atoms with E-state index in [2.05, 4.69) is 30.3 Å². The largest absolute Gasteiger partial charge is 0.485 e. The number of carbonyl (C=O) groups excluding carboxylic acids is 1. The number of ether oxygens (including phenoxy) is 1. The molecule has 0 atom stereocenters. The SMILES string of the molecule is Cc1cc(C(=O)COc2ccc3ncccc3c2)c(C)n1C(C)(C)C. The number of pyridine rings is 1. The second-order valence-electron chi connectivity index (χ2n) is 7.36. The van der Waals surface area contributed by atoms with Crippen LogP contribution in [0.3, 0.4) is 0 Å². The molecule has 3 rings (SSSR count). The van der Waals surface area contributed by atoms with E-state index < -0.39 is 0 Å². The molecule has 4 nitrogen and oxygen atoms in total. The maximum atomic E-state index is 12.6. The second kappa shape index (κ2) is 6.36. The fourth-order valence-corrected chi connectivity index (χ4v) is 3.45. The smallest absolute Gasteiger partial charge is 0.202 e. The Bertz CT molecular complexity index is 933. The molecule has 0 aliphatic carbocycles. The number of fused-ring (bicyclic) bond motifs is 1. The third kappa shape index (κ3) is 3.43. The van der Waals surface area contributed by atoms with Crippen LogP contribution in [0.2, 0.25) is 0 Å². The van der Waals surface area contributed by atoms with Gasteiger partial charge in [-0.15, -0.1) is 0 Å². The summed E-state index contributed by atoms with van der Waals surface area (Å²) in [6.07, 6.45) is 1.76. The van der Waals surface area contributed by atoms with E-state index in [0.717, 1.165) is 27.9 Å². The van der Waals surface area contributed by atoms with Gasteiger partial charge in [0.05, 0.1) is 5.52 Å². The minimum absolute atomic E-state index is 0.00474. The molecule has 0 saturated heterocycles. The molecule has 0 N–H and O–H groups in total. The molecule has 0 aliphatic heterocycles. The summed E-state index contributed by atoms with van der Waals surface area (Å²) in [4.78, 5) is 16.9. The molecule has 0 bridgehead atoms. The zero-order chi connectivity index (χ0) is 18.2. The first-order valence-electron chi connectivity index (χ1n) is 8.47. The van der Waals surface area contributed by atoms with Crippen LogP contribution in [-0.4, -0.2) is 21.9 Å². The zero-order valence-electron chi connectivity index (χ0n) is 15.5. The lowest BCUT2D eigenvalue weighted by Gasteiger charge is -2.25. The van der Waals surface area contributed by atoms with Gasteiger partial charge in [-0.2, -0.15) is 0 Å². The summed E-state index contributed by atoms with van der Waals surface area (Å²) in [5.41, 5.74) is 3.66. The normalized spacial score (nSPS) is 11.7. The van der Waals surface area contributed by atoms with E-state index >= 15 is 0 Å². The summed E-state index contributed by atoms with van der Waals surface area (Å²) in [5.74, 6) is 0.674. The van der Waals surface area contributed by atoms with Gasteiger partial charge >= 0.3 is 0 Å². The van der Waals surface area contributed by atoms with Crippen LogP contribution in [-0.2, 0) is 5.54 Å². The highest BCUT2D eigenvalue weighted by molar-refractivity contribution is 5.98. The first-order valence-corrected chi connectivity index (χ1v) is 8.47. The molecule has 0 radical (unpaired) electrons. The van der Waals surface area contributed by atoms with E-state index in [4.69, 9.17) is 4.74 Å². The predicted octanol–water partition coefficient (Wildman–Crippen LogP) is 4.67. The second-order valence-corrected chi connectivity index (χ2v) is 7.36. The molecular weight excluding hydrogens is 312 g/mol. The monoisotopic (exact) mass is 336 g/mol. The van der Waals surface area contributed by atoms with Gasteiger partial charge in [-0.3, -0.25) is 9.78 Å². The zero-order valence-corrected chi connectivity index (χ0v) is 15.5. The topological polar surface area (TPSA) is 44.1 Å². The van der Waals surface area contributed by atoms with Crippen molar-refractivity contribution in [3.8, 4) is 5.75 Å². The number of hydrogen-bond acceptors (Lipinski definition) is 3. The molecule has 0 aliphatic rings. The number of aryl methyl sites for hydroxylation is 1. The average molecular weight is 336 g/mol. The van der Waals surface area contributed by atoms with Crippen LogP contribution in [0.15, 0.2) is 42.6 Å². The summed E-state index contributed by atoms with van der Waals surface area (Å²) in [7, 11) is 0. The number of rotatable bonds is 4. The van der Waals surface area contributed by atoms with Gasteiger partial charge in [0.2, 0.25) is 5.78 Å². The molecular formula is C21H24N2O2. The van der Waals surface area contributed by atoms with Gasteiger partial charge in [0.15, 0.2) is 6.61 Å². The van der Waals surface area contributed by atoms with Crippen molar-refractivity contribution in [2.24, 2.45) is 0 Å². The van der Waals surface area contributed by atoms with Gasteiger partial charge in [0, 0.05) is 34.1 Å². The van der Waals surface area contributed by atoms with Crippen molar-refractivity contribution in [1.29, 1.82) is 0 Å². The molecule has 4 heteroatoms. The molecule has 2 heterocycles. The Morgan fingerprint density at radius 1 is 1.16 bits per heavy atom. The highest BCUT2D eigenvalue weighted by Gasteiger charge is 2.22. The Kier molecular flexibility index (Phi) is 4.38. The van der Waals surface area contributed by atoms with Crippen LogP contribution < -0.4 is 4.74 Å². The Balaban J connectivity index is 1.78. The highest BCUT2D eigenvalue weighted by Crippen LogP contribution is 2.25. The summed E-state index contributed by atoms with van der Waals surface area (Å²) in [5, 5.41) is 0.998. The van der Waals surface area contributed by atoms with E-state index in [1.165, 1.54) is 0 Å². The Hall–Kier alpha value is -2.62. The van der Waals surface area contributed by atoms with Crippen LogP contribution in [0.25, 0.3) is 10.9 Å². The number of hydrogen-bond donors (Lipinski definition) is 0. The third-order valence-corrected chi connectivity index (χ3v) is 4.35. The quantitative estimate of drug-likeness (QED) is 0.650. The molecule has 3 aromatic rings. The predicted molar refractivity (Wildman–Crippen MR) is 100 cm³/mol. The molecule has 0 spiro atoms. The molecule has 1 aromatic carbocycles. The Morgan fingerprint density at radius 3 is 2.60 bits per heavy atom. The number of Topliss-reactive ketones (excluding diaryl/α,β-unsaturated/α-hetero) is 1.